The maximum Gasteiger partial charge on any atom is 0.142 e. The van der Waals surface area contributed by atoms with Gasteiger partial charge in [-0.05, 0) is 36.5 Å². The molecule has 1 unspecified atom stereocenters. The van der Waals surface area contributed by atoms with Crippen LogP contribution in [0.5, 0.6) is 0 Å². The van der Waals surface area contributed by atoms with Crippen LogP contribution in [0.2, 0.25) is 5.02 Å². The highest BCUT2D eigenvalue weighted by atomic mass is 35.5. The Morgan fingerprint density at radius 3 is 2.73 bits per heavy atom. The van der Waals surface area contributed by atoms with Gasteiger partial charge in [0, 0.05) is 0 Å². The lowest BCUT2D eigenvalue weighted by Gasteiger charge is -2.07. The minimum absolute atomic E-state index is 0.209. The van der Waals surface area contributed by atoms with E-state index in [-0.39, 0.29) is 10.8 Å². The fourth-order valence-corrected chi connectivity index (χ4v) is 1.67. The van der Waals surface area contributed by atoms with E-state index in [9.17, 15) is 4.39 Å². The molecular weight excluding hydrogens is 211 g/mol. The van der Waals surface area contributed by atoms with Crippen molar-refractivity contribution in [2.75, 3.05) is 0 Å². The monoisotopic (exact) mass is 228 g/mol. The first-order valence-corrected chi connectivity index (χ1v) is 5.95. The molecule has 0 heterocycles. The Morgan fingerprint density at radius 1 is 1.40 bits per heavy atom. The third kappa shape index (κ3) is 4.21. The lowest BCUT2D eigenvalue weighted by atomic mass is 9.99. The molecule has 0 radical (unpaired) electrons. The van der Waals surface area contributed by atoms with Crippen LogP contribution in [0.3, 0.4) is 0 Å². The van der Waals surface area contributed by atoms with Crippen LogP contribution in [0.15, 0.2) is 18.2 Å². The number of hydrogen-bond donors (Lipinski definition) is 0. The normalized spacial score (nSPS) is 12.8. The second-order valence-electron chi connectivity index (χ2n) is 4.15. The summed E-state index contributed by atoms with van der Waals surface area (Å²) in [6.45, 7) is 4.45. The molecule has 2 heteroatoms. The molecule has 15 heavy (non-hydrogen) atoms. The molecule has 84 valence electrons. The average molecular weight is 229 g/mol. The summed E-state index contributed by atoms with van der Waals surface area (Å²) in [5, 5.41) is 0.209. The van der Waals surface area contributed by atoms with E-state index in [1.807, 2.05) is 6.07 Å². The van der Waals surface area contributed by atoms with Crippen molar-refractivity contribution in [3.05, 3.63) is 34.6 Å². The third-order valence-electron chi connectivity index (χ3n) is 2.84. The first kappa shape index (κ1) is 12.5. The molecule has 0 spiro atoms. The fourth-order valence-electron chi connectivity index (χ4n) is 1.55. The Labute approximate surface area is 96.5 Å². The second kappa shape index (κ2) is 6.12. The van der Waals surface area contributed by atoms with Gasteiger partial charge >= 0.3 is 0 Å². The van der Waals surface area contributed by atoms with Crippen LogP contribution in [-0.2, 0) is 6.42 Å². The molecule has 0 aliphatic heterocycles. The van der Waals surface area contributed by atoms with Gasteiger partial charge in [-0.3, -0.25) is 0 Å². The molecule has 1 aromatic carbocycles. The van der Waals surface area contributed by atoms with E-state index in [2.05, 4.69) is 13.8 Å². The minimum atomic E-state index is -0.308. The van der Waals surface area contributed by atoms with Gasteiger partial charge in [-0.2, -0.15) is 0 Å². The van der Waals surface area contributed by atoms with Crippen LogP contribution in [0, 0.1) is 11.7 Å². The zero-order valence-corrected chi connectivity index (χ0v) is 10.1. The van der Waals surface area contributed by atoms with E-state index in [1.165, 1.54) is 12.8 Å². The Kier molecular flexibility index (Phi) is 5.10. The zero-order valence-electron chi connectivity index (χ0n) is 9.39. The van der Waals surface area contributed by atoms with E-state index in [1.54, 1.807) is 12.1 Å². The van der Waals surface area contributed by atoms with Crippen LogP contribution in [0.25, 0.3) is 0 Å². The Balaban J connectivity index is 2.41. The minimum Gasteiger partial charge on any atom is -0.205 e. The lowest BCUT2D eigenvalue weighted by Crippen LogP contribution is -1.94. The first-order valence-electron chi connectivity index (χ1n) is 5.57. The van der Waals surface area contributed by atoms with Gasteiger partial charge in [0.05, 0.1) is 5.02 Å². The maximum atomic E-state index is 13.1. The van der Waals surface area contributed by atoms with Crippen molar-refractivity contribution >= 4 is 11.6 Å². The maximum absolute atomic E-state index is 13.1. The molecular formula is C13H18ClF. The average Bonchev–Trinajstić information content (AvgIpc) is 2.23. The molecule has 0 saturated heterocycles. The Hall–Kier alpha value is -0.560. The quantitative estimate of drug-likeness (QED) is 0.676. The van der Waals surface area contributed by atoms with Gasteiger partial charge in [-0.25, -0.2) is 4.39 Å². The molecule has 0 aliphatic carbocycles. The molecule has 0 N–H and O–H groups in total. The van der Waals surface area contributed by atoms with Crippen molar-refractivity contribution in [1.82, 2.24) is 0 Å². The molecule has 0 saturated carbocycles. The van der Waals surface area contributed by atoms with E-state index >= 15 is 0 Å². The van der Waals surface area contributed by atoms with Gasteiger partial charge in [0.25, 0.3) is 0 Å². The summed E-state index contributed by atoms with van der Waals surface area (Å²) in [5.41, 5.74) is 1.04. The zero-order chi connectivity index (χ0) is 11.3. The molecule has 0 aromatic heterocycles. The van der Waals surface area contributed by atoms with Crippen LogP contribution >= 0.6 is 11.6 Å². The summed E-state index contributed by atoms with van der Waals surface area (Å²) in [6, 6.07) is 5.08. The van der Waals surface area contributed by atoms with Gasteiger partial charge in [0.1, 0.15) is 5.82 Å². The van der Waals surface area contributed by atoms with Gasteiger partial charge in [0.15, 0.2) is 0 Å². The summed E-state index contributed by atoms with van der Waals surface area (Å²) in [5.74, 6) is 0.458. The van der Waals surface area contributed by atoms with Crippen molar-refractivity contribution < 1.29 is 4.39 Å². The second-order valence-corrected chi connectivity index (χ2v) is 4.56. The van der Waals surface area contributed by atoms with Crippen molar-refractivity contribution in [3.63, 3.8) is 0 Å². The number of rotatable bonds is 5. The Bertz CT molecular complexity index is 309. The van der Waals surface area contributed by atoms with Crippen LogP contribution in [0.1, 0.15) is 38.7 Å². The van der Waals surface area contributed by atoms with E-state index < -0.39 is 0 Å². The van der Waals surface area contributed by atoms with Crippen LogP contribution < -0.4 is 0 Å². The molecule has 1 aromatic rings. The highest BCUT2D eigenvalue weighted by molar-refractivity contribution is 6.30. The summed E-state index contributed by atoms with van der Waals surface area (Å²) in [4.78, 5) is 0. The van der Waals surface area contributed by atoms with E-state index in [0.29, 0.717) is 0 Å². The largest absolute Gasteiger partial charge is 0.205 e. The van der Waals surface area contributed by atoms with Crippen molar-refractivity contribution in [1.29, 1.82) is 0 Å². The van der Waals surface area contributed by atoms with Gasteiger partial charge < -0.3 is 0 Å². The lowest BCUT2D eigenvalue weighted by molar-refractivity contribution is 0.495. The predicted octanol–water partition coefficient (Wildman–Crippen LogP) is 4.85. The number of hydrogen-bond acceptors (Lipinski definition) is 0. The SMILES string of the molecule is CCC(C)CCCc1ccc(Cl)c(F)c1. The molecule has 0 amide bonds. The molecule has 0 nitrogen and oxygen atoms in total. The summed E-state index contributed by atoms with van der Waals surface area (Å²) in [7, 11) is 0. The number of aryl methyl sites for hydroxylation is 1. The molecule has 1 rings (SSSR count). The molecule has 0 fully saturated rings. The van der Waals surface area contributed by atoms with Crippen molar-refractivity contribution in [2.45, 2.75) is 39.5 Å². The Morgan fingerprint density at radius 2 is 2.13 bits per heavy atom. The number of benzene rings is 1. The van der Waals surface area contributed by atoms with Crippen molar-refractivity contribution in [2.24, 2.45) is 5.92 Å². The number of halogens is 2. The predicted molar refractivity (Wildman–Crippen MR) is 63.8 cm³/mol. The topological polar surface area (TPSA) is 0 Å². The highest BCUT2D eigenvalue weighted by Crippen LogP contribution is 2.18. The third-order valence-corrected chi connectivity index (χ3v) is 3.15. The van der Waals surface area contributed by atoms with Crippen molar-refractivity contribution in [3.8, 4) is 0 Å². The van der Waals surface area contributed by atoms with E-state index in [4.69, 9.17) is 11.6 Å². The highest BCUT2D eigenvalue weighted by Gasteiger charge is 2.02. The first-order chi connectivity index (χ1) is 7.13. The standard InChI is InChI=1S/C13H18ClF/c1-3-10(2)5-4-6-11-7-8-12(14)13(15)9-11/h7-10H,3-6H2,1-2H3. The van der Waals surface area contributed by atoms with E-state index in [0.717, 1.165) is 24.3 Å². The van der Waals surface area contributed by atoms with Crippen LogP contribution in [-0.4, -0.2) is 0 Å². The van der Waals surface area contributed by atoms with Gasteiger partial charge in [-0.15, -0.1) is 0 Å². The smallest absolute Gasteiger partial charge is 0.142 e. The van der Waals surface area contributed by atoms with Crippen LogP contribution in [0.4, 0.5) is 4.39 Å². The molecule has 0 aliphatic rings. The van der Waals surface area contributed by atoms with Gasteiger partial charge in [0.2, 0.25) is 0 Å². The molecule has 0 bridgehead atoms. The summed E-state index contributed by atoms with van der Waals surface area (Å²) in [6.07, 6.45) is 4.49. The summed E-state index contributed by atoms with van der Waals surface area (Å²) >= 11 is 5.61. The fraction of sp³-hybridized carbons (Fsp3) is 0.538. The van der Waals surface area contributed by atoms with Gasteiger partial charge in [-0.1, -0.05) is 44.4 Å². The summed E-state index contributed by atoms with van der Waals surface area (Å²) < 4.78 is 13.1. The molecule has 1 atom stereocenters.